The first kappa shape index (κ1) is 14.3. The van der Waals surface area contributed by atoms with Gasteiger partial charge in [0.2, 0.25) is 0 Å². The fraction of sp³-hybridized carbons (Fsp3) is 0.895. The van der Waals surface area contributed by atoms with Crippen molar-refractivity contribution in [1.82, 2.24) is 0 Å². The molecule has 0 radical (unpaired) electrons. The van der Waals surface area contributed by atoms with E-state index < -0.39 is 0 Å². The van der Waals surface area contributed by atoms with Crippen molar-refractivity contribution in [1.29, 1.82) is 0 Å². The monoisotopic (exact) mass is 290 g/mol. The lowest BCUT2D eigenvalue weighted by molar-refractivity contribution is -0.0761. The van der Waals surface area contributed by atoms with Crippen molar-refractivity contribution in [3.05, 3.63) is 11.6 Å². The number of allylic oxidation sites excluding steroid dienone is 1. The Hall–Kier alpha value is -0.340. The van der Waals surface area contributed by atoms with Gasteiger partial charge >= 0.3 is 0 Å². The van der Waals surface area contributed by atoms with Crippen LogP contribution < -0.4 is 0 Å². The average Bonchev–Trinajstić information content (AvgIpc) is 2.76. The quantitative estimate of drug-likeness (QED) is 0.668. The van der Waals surface area contributed by atoms with E-state index in [1.807, 2.05) is 0 Å². The van der Waals surface area contributed by atoms with E-state index in [9.17, 15) is 10.2 Å². The van der Waals surface area contributed by atoms with E-state index in [1.54, 1.807) is 5.57 Å². The molecule has 0 aromatic rings. The summed E-state index contributed by atoms with van der Waals surface area (Å²) in [6, 6.07) is 0. The van der Waals surface area contributed by atoms with Gasteiger partial charge in [-0.25, -0.2) is 0 Å². The van der Waals surface area contributed by atoms with Crippen LogP contribution in [0.2, 0.25) is 0 Å². The molecule has 0 spiro atoms. The lowest BCUT2D eigenvalue weighted by Gasteiger charge is -2.58. The minimum Gasteiger partial charge on any atom is -0.393 e. The Labute approximate surface area is 128 Å². The van der Waals surface area contributed by atoms with Gasteiger partial charge in [-0.1, -0.05) is 25.5 Å². The third-order valence-electron chi connectivity index (χ3n) is 8.04. The topological polar surface area (TPSA) is 40.5 Å². The van der Waals surface area contributed by atoms with Crippen molar-refractivity contribution in [3.8, 4) is 0 Å². The molecule has 2 heteroatoms. The molecule has 7 atom stereocenters. The third-order valence-corrected chi connectivity index (χ3v) is 8.04. The van der Waals surface area contributed by atoms with Crippen LogP contribution in [0.25, 0.3) is 0 Å². The van der Waals surface area contributed by atoms with Crippen molar-refractivity contribution in [2.75, 3.05) is 0 Å². The van der Waals surface area contributed by atoms with E-state index in [-0.39, 0.29) is 17.6 Å². The fourth-order valence-corrected chi connectivity index (χ4v) is 6.68. The Balaban J connectivity index is 1.67. The zero-order valence-electron chi connectivity index (χ0n) is 13.5. The summed E-state index contributed by atoms with van der Waals surface area (Å²) in [5, 5.41) is 20.4. The first-order valence-corrected chi connectivity index (χ1v) is 9.02. The van der Waals surface area contributed by atoms with Crippen LogP contribution in [-0.4, -0.2) is 22.4 Å². The predicted molar refractivity (Wildman–Crippen MR) is 83.7 cm³/mol. The molecule has 0 aromatic carbocycles. The van der Waals surface area contributed by atoms with Crippen LogP contribution in [0.3, 0.4) is 0 Å². The number of rotatable bonds is 0. The van der Waals surface area contributed by atoms with Gasteiger partial charge in [0.15, 0.2) is 0 Å². The zero-order chi connectivity index (χ0) is 14.8. The molecule has 4 aliphatic rings. The van der Waals surface area contributed by atoms with Crippen LogP contribution in [0.4, 0.5) is 0 Å². The smallest absolute Gasteiger partial charge is 0.0724 e. The molecule has 0 aliphatic heterocycles. The highest BCUT2D eigenvalue weighted by atomic mass is 16.3. The second kappa shape index (κ2) is 4.58. The zero-order valence-corrected chi connectivity index (χ0v) is 13.5. The van der Waals surface area contributed by atoms with Crippen LogP contribution in [0.5, 0.6) is 0 Å². The highest BCUT2D eigenvalue weighted by Crippen LogP contribution is 2.65. The minimum absolute atomic E-state index is 0.0682. The summed E-state index contributed by atoms with van der Waals surface area (Å²) in [6.07, 6.45) is 11.2. The van der Waals surface area contributed by atoms with E-state index in [0.717, 1.165) is 37.0 Å². The number of aliphatic hydroxyl groups is 2. The van der Waals surface area contributed by atoms with Crippen molar-refractivity contribution in [2.24, 2.45) is 28.6 Å². The lowest BCUT2D eigenvalue weighted by atomic mass is 9.47. The number of hydrogen-bond acceptors (Lipinski definition) is 2. The Morgan fingerprint density at radius 3 is 2.57 bits per heavy atom. The molecular weight excluding hydrogens is 260 g/mol. The third kappa shape index (κ3) is 1.84. The fourth-order valence-electron chi connectivity index (χ4n) is 6.68. The Morgan fingerprint density at radius 2 is 1.76 bits per heavy atom. The van der Waals surface area contributed by atoms with Crippen molar-refractivity contribution in [3.63, 3.8) is 0 Å². The van der Waals surface area contributed by atoms with Gasteiger partial charge < -0.3 is 10.2 Å². The number of hydrogen-bond donors (Lipinski definition) is 2. The standard InChI is InChI=1S/C19H30O2/c1-18-9-7-13(20)11-12(18)3-4-14-15-5-6-17(21)19(15,2)10-8-16(14)18/h11,13-17,20-21H,3-10H2,1-2H3/t13-,14+,15+,16+,17+,18+,19+/m1/s1. The first-order valence-electron chi connectivity index (χ1n) is 9.02. The molecule has 0 heterocycles. The van der Waals surface area contributed by atoms with Gasteiger partial charge in [0.1, 0.15) is 0 Å². The van der Waals surface area contributed by atoms with Gasteiger partial charge in [-0.15, -0.1) is 0 Å². The van der Waals surface area contributed by atoms with Crippen LogP contribution in [0, 0.1) is 28.6 Å². The SMILES string of the molecule is C[C@]12CC[C@H]3[C@@H](CCC4=C[C@H](O)CC[C@@]43C)[C@@H]1CC[C@@H]2O. The largest absolute Gasteiger partial charge is 0.393 e. The van der Waals surface area contributed by atoms with Gasteiger partial charge in [0.05, 0.1) is 12.2 Å². The number of aliphatic hydroxyl groups excluding tert-OH is 2. The molecule has 0 amide bonds. The minimum atomic E-state index is -0.202. The van der Waals surface area contributed by atoms with Gasteiger partial charge in [0.25, 0.3) is 0 Å². The van der Waals surface area contributed by atoms with Crippen molar-refractivity contribution < 1.29 is 10.2 Å². The summed E-state index contributed by atoms with van der Waals surface area (Å²) >= 11 is 0. The summed E-state index contributed by atoms with van der Waals surface area (Å²) in [4.78, 5) is 0. The first-order chi connectivity index (χ1) is 9.95. The molecule has 4 aliphatic carbocycles. The van der Waals surface area contributed by atoms with Gasteiger partial charge in [0, 0.05) is 0 Å². The van der Waals surface area contributed by atoms with Crippen LogP contribution in [0.1, 0.15) is 65.2 Å². The molecule has 118 valence electrons. The highest BCUT2D eigenvalue weighted by Gasteiger charge is 2.58. The van der Waals surface area contributed by atoms with E-state index in [4.69, 9.17) is 0 Å². The summed E-state index contributed by atoms with van der Waals surface area (Å²) in [5.41, 5.74) is 2.06. The molecule has 0 saturated heterocycles. The van der Waals surface area contributed by atoms with Gasteiger partial charge in [-0.2, -0.15) is 0 Å². The maximum atomic E-state index is 10.5. The second-order valence-corrected chi connectivity index (χ2v) is 8.77. The lowest BCUT2D eigenvalue weighted by Crippen LogP contribution is -2.51. The number of fused-ring (bicyclic) bond motifs is 5. The van der Waals surface area contributed by atoms with Gasteiger partial charge in [-0.3, -0.25) is 0 Å². The molecule has 4 rings (SSSR count). The molecule has 3 saturated carbocycles. The predicted octanol–water partition coefficient (Wildman–Crippen LogP) is 3.67. The summed E-state index contributed by atoms with van der Waals surface area (Å²) in [7, 11) is 0. The molecule has 3 fully saturated rings. The maximum Gasteiger partial charge on any atom is 0.0724 e. The van der Waals surface area contributed by atoms with Crippen LogP contribution >= 0.6 is 0 Å². The van der Waals surface area contributed by atoms with Crippen LogP contribution in [0.15, 0.2) is 11.6 Å². The summed E-state index contributed by atoms with van der Waals surface area (Å²) in [5.74, 6) is 2.32. The Bertz CT molecular complexity index is 470. The molecule has 0 bridgehead atoms. The van der Waals surface area contributed by atoms with Crippen molar-refractivity contribution >= 4 is 0 Å². The molecule has 0 aromatic heterocycles. The normalized spacial score (nSPS) is 56.2. The van der Waals surface area contributed by atoms with E-state index in [0.29, 0.717) is 5.41 Å². The molecule has 2 N–H and O–H groups in total. The highest BCUT2D eigenvalue weighted by molar-refractivity contribution is 5.25. The second-order valence-electron chi connectivity index (χ2n) is 8.77. The molecule has 2 nitrogen and oxygen atoms in total. The van der Waals surface area contributed by atoms with Gasteiger partial charge in [-0.05, 0) is 80.0 Å². The summed E-state index contributed by atoms with van der Waals surface area (Å²) < 4.78 is 0. The van der Waals surface area contributed by atoms with Crippen LogP contribution in [-0.2, 0) is 0 Å². The van der Waals surface area contributed by atoms with E-state index in [1.165, 1.54) is 32.1 Å². The van der Waals surface area contributed by atoms with Crippen molar-refractivity contribution in [2.45, 2.75) is 77.4 Å². The Kier molecular flexibility index (Phi) is 3.11. The maximum absolute atomic E-state index is 10.5. The average molecular weight is 290 g/mol. The molecule has 21 heavy (non-hydrogen) atoms. The summed E-state index contributed by atoms with van der Waals surface area (Å²) in [6.45, 7) is 4.82. The molecule has 0 unspecified atom stereocenters. The molecular formula is C19H30O2. The van der Waals surface area contributed by atoms with E-state index >= 15 is 0 Å². The van der Waals surface area contributed by atoms with E-state index in [2.05, 4.69) is 19.9 Å². The Morgan fingerprint density at radius 1 is 0.952 bits per heavy atom.